The fraction of sp³-hybridized carbons (Fsp3) is 0.200. The van der Waals surface area contributed by atoms with Gasteiger partial charge < -0.3 is 24.9 Å². The number of phosphoric ester groups is 1. The maximum absolute atomic E-state index is 11.1. The average Bonchev–Trinajstić information content (AvgIpc) is 2.46. The molecule has 24 heavy (non-hydrogen) atoms. The molecule has 0 aliphatic rings. The van der Waals surface area contributed by atoms with Crippen LogP contribution in [-0.4, -0.2) is 30.2 Å². The molecule has 2 aromatic rings. The molecule has 0 aliphatic carbocycles. The van der Waals surface area contributed by atoms with Crippen LogP contribution in [0.25, 0.3) is 0 Å². The Labute approximate surface area is 137 Å². The number of phenolic OH excluding ortho intramolecular Hbond substituents is 2. The molecule has 1 atom stereocenters. The summed E-state index contributed by atoms with van der Waals surface area (Å²) in [4.78, 5) is 17.9. The summed E-state index contributed by atoms with van der Waals surface area (Å²) < 4.78 is 15.5. The maximum atomic E-state index is 11.1. The van der Waals surface area contributed by atoms with Crippen LogP contribution in [-0.2, 0) is 10.4 Å². The van der Waals surface area contributed by atoms with Gasteiger partial charge in [-0.15, -0.1) is 0 Å². The minimum Gasteiger partial charge on any atom is -0.508 e. The van der Waals surface area contributed by atoms with Crippen molar-refractivity contribution in [1.29, 1.82) is 0 Å². The Balaban J connectivity index is 2.51. The molecule has 0 saturated carbocycles. The third-order valence-electron chi connectivity index (χ3n) is 3.55. The molecule has 0 saturated heterocycles. The topological polar surface area (TPSA) is 148 Å². The van der Waals surface area contributed by atoms with Crippen LogP contribution in [0.5, 0.6) is 17.2 Å². The zero-order valence-electron chi connectivity index (χ0n) is 12.6. The van der Waals surface area contributed by atoms with Gasteiger partial charge in [-0.2, -0.15) is 0 Å². The van der Waals surface area contributed by atoms with Gasteiger partial charge in [0.2, 0.25) is 0 Å². The van der Waals surface area contributed by atoms with Crippen LogP contribution in [0.2, 0.25) is 0 Å². The van der Waals surface area contributed by atoms with Gasteiger partial charge in [-0.05, 0) is 35.9 Å². The van der Waals surface area contributed by atoms with Gasteiger partial charge in [-0.1, -0.05) is 19.1 Å². The Bertz CT molecular complexity index is 783. The third kappa shape index (κ3) is 4.05. The summed E-state index contributed by atoms with van der Waals surface area (Å²) in [6.45, 7) is 1.43. The van der Waals surface area contributed by atoms with E-state index in [9.17, 15) is 25.0 Å². The summed E-state index contributed by atoms with van der Waals surface area (Å²) in [5.41, 5.74) is -0.0767. The summed E-state index contributed by atoms with van der Waals surface area (Å²) in [6, 6.07) is 8.81. The van der Waals surface area contributed by atoms with Crippen LogP contribution < -0.4 is 4.52 Å². The van der Waals surface area contributed by atoms with Crippen molar-refractivity contribution in [3.8, 4) is 17.2 Å². The van der Waals surface area contributed by atoms with E-state index in [0.717, 1.165) is 18.2 Å². The molecular formula is C15H17O8P. The molecule has 0 aliphatic heterocycles. The predicted octanol–water partition coefficient (Wildman–Crippen LogP) is 1.51. The van der Waals surface area contributed by atoms with Crippen molar-refractivity contribution in [1.82, 2.24) is 0 Å². The Morgan fingerprint density at radius 3 is 2.25 bits per heavy atom. The normalized spacial score (nSPS) is 13.5. The number of phenols is 2. The average molecular weight is 356 g/mol. The number of aromatic hydroxyl groups is 2. The molecule has 2 rings (SSSR count). The standard InChI is InChI=1S/C15H17O8P/c1-9(10-3-2-4-11(16)7-10)15(18,19)13-8-12(17)5-6-14(13)23-24(20,21)22/h2-9,16-19H,1H3,(H2,20,21,22). The molecule has 2 aromatic carbocycles. The lowest BCUT2D eigenvalue weighted by Crippen LogP contribution is -2.32. The highest BCUT2D eigenvalue weighted by atomic mass is 31.2. The maximum Gasteiger partial charge on any atom is 0.524 e. The Kier molecular flexibility index (Phi) is 4.89. The van der Waals surface area contributed by atoms with Gasteiger partial charge in [-0.3, -0.25) is 9.79 Å². The number of phosphoric acid groups is 1. The minimum atomic E-state index is -4.95. The van der Waals surface area contributed by atoms with Crippen LogP contribution in [0.1, 0.15) is 24.0 Å². The molecular weight excluding hydrogens is 339 g/mol. The molecule has 130 valence electrons. The van der Waals surface area contributed by atoms with E-state index in [1.54, 1.807) is 0 Å². The van der Waals surface area contributed by atoms with E-state index >= 15 is 0 Å². The summed E-state index contributed by atoms with van der Waals surface area (Å²) in [5, 5.41) is 40.2. The van der Waals surface area contributed by atoms with Gasteiger partial charge in [0.05, 0.1) is 5.56 Å². The van der Waals surface area contributed by atoms with Gasteiger partial charge >= 0.3 is 7.82 Å². The lowest BCUT2D eigenvalue weighted by molar-refractivity contribution is -0.185. The molecule has 0 spiro atoms. The van der Waals surface area contributed by atoms with Gasteiger partial charge in [0.25, 0.3) is 0 Å². The Morgan fingerprint density at radius 2 is 1.67 bits per heavy atom. The van der Waals surface area contributed by atoms with Gasteiger partial charge in [0.15, 0.2) is 5.79 Å². The molecule has 0 radical (unpaired) electrons. The molecule has 6 N–H and O–H groups in total. The second kappa shape index (κ2) is 6.43. The van der Waals surface area contributed by atoms with Crippen molar-refractivity contribution in [2.75, 3.05) is 0 Å². The zero-order chi connectivity index (χ0) is 18.1. The highest BCUT2D eigenvalue weighted by Gasteiger charge is 2.38. The van der Waals surface area contributed by atoms with E-state index in [4.69, 9.17) is 9.79 Å². The smallest absolute Gasteiger partial charge is 0.508 e. The highest BCUT2D eigenvalue weighted by molar-refractivity contribution is 7.46. The molecule has 8 nitrogen and oxygen atoms in total. The quantitative estimate of drug-likeness (QED) is 0.349. The Morgan fingerprint density at radius 1 is 1.04 bits per heavy atom. The number of aliphatic hydroxyl groups is 2. The number of hydrogen-bond acceptors (Lipinski definition) is 6. The van der Waals surface area contributed by atoms with Crippen molar-refractivity contribution >= 4 is 7.82 Å². The van der Waals surface area contributed by atoms with Crippen molar-refractivity contribution in [3.63, 3.8) is 0 Å². The van der Waals surface area contributed by atoms with Crippen LogP contribution in [0.4, 0.5) is 0 Å². The molecule has 9 heteroatoms. The van der Waals surface area contributed by atoms with Gasteiger partial charge in [-0.25, -0.2) is 4.57 Å². The lowest BCUT2D eigenvalue weighted by Gasteiger charge is -2.31. The van der Waals surface area contributed by atoms with E-state index in [0.29, 0.717) is 5.56 Å². The predicted molar refractivity (Wildman–Crippen MR) is 83.4 cm³/mol. The van der Waals surface area contributed by atoms with E-state index in [-0.39, 0.29) is 11.5 Å². The summed E-state index contributed by atoms with van der Waals surface area (Å²) in [6.07, 6.45) is 0. The Hall–Kier alpha value is -2.09. The van der Waals surface area contributed by atoms with Gasteiger partial charge in [0.1, 0.15) is 17.2 Å². The van der Waals surface area contributed by atoms with Crippen LogP contribution >= 0.6 is 7.82 Å². The minimum absolute atomic E-state index is 0.0854. The summed E-state index contributed by atoms with van der Waals surface area (Å²) >= 11 is 0. The fourth-order valence-electron chi connectivity index (χ4n) is 2.27. The molecule has 0 bridgehead atoms. The van der Waals surface area contributed by atoms with Gasteiger partial charge in [0, 0.05) is 5.92 Å². The number of hydrogen-bond donors (Lipinski definition) is 6. The molecule has 0 amide bonds. The van der Waals surface area contributed by atoms with Crippen LogP contribution in [0.3, 0.4) is 0 Å². The largest absolute Gasteiger partial charge is 0.524 e. The summed E-state index contributed by atoms with van der Waals surface area (Å²) in [7, 11) is -4.95. The van der Waals surface area contributed by atoms with Crippen molar-refractivity contribution < 1.29 is 39.3 Å². The first kappa shape index (κ1) is 18.3. The second-order valence-corrected chi connectivity index (χ2v) is 6.47. The SMILES string of the molecule is CC(c1cccc(O)c1)C(O)(O)c1cc(O)ccc1OP(=O)(O)O. The second-order valence-electron chi connectivity index (χ2n) is 5.31. The number of rotatable bonds is 5. The van der Waals surface area contributed by atoms with E-state index in [1.807, 2.05) is 0 Å². The van der Waals surface area contributed by atoms with E-state index in [1.165, 1.54) is 31.2 Å². The lowest BCUT2D eigenvalue weighted by atomic mass is 9.87. The zero-order valence-corrected chi connectivity index (χ0v) is 13.5. The first-order chi connectivity index (χ1) is 11.0. The first-order valence-electron chi connectivity index (χ1n) is 6.83. The molecule has 0 heterocycles. The monoisotopic (exact) mass is 356 g/mol. The van der Waals surface area contributed by atoms with E-state index < -0.39 is 30.8 Å². The van der Waals surface area contributed by atoms with Crippen LogP contribution in [0, 0.1) is 0 Å². The first-order valence-corrected chi connectivity index (χ1v) is 8.36. The highest BCUT2D eigenvalue weighted by Crippen LogP contribution is 2.46. The third-order valence-corrected chi connectivity index (χ3v) is 3.99. The molecule has 1 unspecified atom stereocenters. The van der Waals surface area contributed by atoms with Crippen molar-refractivity contribution in [2.24, 2.45) is 0 Å². The number of benzene rings is 2. The van der Waals surface area contributed by atoms with Crippen molar-refractivity contribution in [3.05, 3.63) is 53.6 Å². The fourth-order valence-corrected chi connectivity index (χ4v) is 2.69. The van der Waals surface area contributed by atoms with Crippen LogP contribution in [0.15, 0.2) is 42.5 Å². The molecule has 0 aromatic heterocycles. The van der Waals surface area contributed by atoms with E-state index in [2.05, 4.69) is 4.52 Å². The van der Waals surface area contributed by atoms with Crippen molar-refractivity contribution in [2.45, 2.75) is 18.6 Å². The molecule has 0 fully saturated rings. The summed E-state index contributed by atoms with van der Waals surface area (Å²) in [5.74, 6) is -4.59.